The second-order valence-electron chi connectivity index (χ2n) is 2.75. The van der Waals surface area contributed by atoms with Crippen LogP contribution in [0.3, 0.4) is 0 Å². The maximum absolute atomic E-state index is 9.00. The number of aliphatic hydroxyl groups is 1. The van der Waals surface area contributed by atoms with Crippen LogP contribution in [0, 0.1) is 0 Å². The molecule has 0 aliphatic rings. The van der Waals surface area contributed by atoms with Crippen LogP contribution in [0.15, 0.2) is 12.3 Å². The molecule has 13 heavy (non-hydrogen) atoms. The number of unbranched alkanes of at least 4 members (excludes halogenated alkanes) is 4. The number of hydrogen-bond donors (Lipinski definition) is 2. The predicted octanol–water partition coefficient (Wildman–Crippen LogP) is 3.12. The van der Waals surface area contributed by atoms with Gasteiger partial charge in [-0.1, -0.05) is 32.3 Å². The molecule has 0 spiro atoms. The Balaban J connectivity index is 0. The average Bonchev–Trinajstić information content (AvgIpc) is 2.03. The Kier molecular flexibility index (Phi) is 15.2. The Bertz CT molecular complexity index is 126. The maximum Gasteiger partial charge on any atom is 0.300 e. The SMILES string of the molecule is CC(=O)O.CCCCCCC=CO. The second kappa shape index (κ2) is 13.6. The van der Waals surface area contributed by atoms with Crippen molar-refractivity contribution in [2.45, 2.75) is 46.0 Å². The molecule has 3 heteroatoms. The molecule has 3 nitrogen and oxygen atoms in total. The van der Waals surface area contributed by atoms with Crippen LogP contribution in [0.1, 0.15) is 46.0 Å². The van der Waals surface area contributed by atoms with E-state index in [1.165, 1.54) is 25.7 Å². The van der Waals surface area contributed by atoms with Gasteiger partial charge in [0.15, 0.2) is 0 Å². The molecule has 0 radical (unpaired) electrons. The fourth-order valence-corrected chi connectivity index (χ4v) is 0.764. The summed E-state index contributed by atoms with van der Waals surface area (Å²) in [4.78, 5) is 9.00. The van der Waals surface area contributed by atoms with Gasteiger partial charge in [-0.15, -0.1) is 0 Å². The van der Waals surface area contributed by atoms with Gasteiger partial charge in [-0.05, 0) is 12.8 Å². The lowest BCUT2D eigenvalue weighted by molar-refractivity contribution is -0.134. The third kappa shape index (κ3) is 35.6. The first-order valence-corrected chi connectivity index (χ1v) is 4.63. The molecule has 0 aliphatic heterocycles. The molecule has 0 rings (SSSR count). The predicted molar refractivity (Wildman–Crippen MR) is 53.8 cm³/mol. The zero-order valence-electron chi connectivity index (χ0n) is 8.49. The normalized spacial score (nSPS) is 9.38. The van der Waals surface area contributed by atoms with E-state index >= 15 is 0 Å². The van der Waals surface area contributed by atoms with E-state index in [1.807, 2.05) is 0 Å². The fraction of sp³-hybridized carbons (Fsp3) is 0.700. The molecule has 0 heterocycles. The van der Waals surface area contributed by atoms with Crippen LogP contribution >= 0.6 is 0 Å². The number of aliphatic hydroxyl groups excluding tert-OH is 1. The van der Waals surface area contributed by atoms with E-state index in [-0.39, 0.29) is 0 Å². The molecule has 0 fully saturated rings. The summed E-state index contributed by atoms with van der Waals surface area (Å²) in [6.45, 7) is 3.28. The van der Waals surface area contributed by atoms with Crippen molar-refractivity contribution in [3.8, 4) is 0 Å². The lowest BCUT2D eigenvalue weighted by Crippen LogP contribution is -1.78. The Morgan fingerprint density at radius 2 is 1.85 bits per heavy atom. The first-order chi connectivity index (χ1) is 6.15. The summed E-state index contributed by atoms with van der Waals surface area (Å²) in [5, 5.41) is 15.7. The number of allylic oxidation sites excluding steroid dienone is 1. The van der Waals surface area contributed by atoms with Crippen LogP contribution in [0.25, 0.3) is 0 Å². The van der Waals surface area contributed by atoms with Crippen molar-refractivity contribution >= 4 is 5.97 Å². The van der Waals surface area contributed by atoms with Crippen LogP contribution in [0.2, 0.25) is 0 Å². The topological polar surface area (TPSA) is 57.5 Å². The Labute approximate surface area is 80.1 Å². The number of hydrogen-bond acceptors (Lipinski definition) is 2. The van der Waals surface area contributed by atoms with E-state index < -0.39 is 5.97 Å². The maximum atomic E-state index is 9.00. The molecule has 0 saturated carbocycles. The molecular formula is C10H20O3. The highest BCUT2D eigenvalue weighted by Gasteiger charge is 1.82. The molecule has 0 aliphatic carbocycles. The van der Waals surface area contributed by atoms with E-state index in [9.17, 15) is 0 Å². The van der Waals surface area contributed by atoms with Crippen LogP contribution in [0.5, 0.6) is 0 Å². The van der Waals surface area contributed by atoms with Gasteiger partial charge in [0.05, 0.1) is 6.26 Å². The molecule has 0 bridgehead atoms. The number of aliphatic carboxylic acids is 1. The summed E-state index contributed by atoms with van der Waals surface area (Å²) >= 11 is 0. The molecule has 0 aromatic carbocycles. The largest absolute Gasteiger partial charge is 0.516 e. The van der Waals surface area contributed by atoms with Gasteiger partial charge in [0.25, 0.3) is 5.97 Å². The van der Waals surface area contributed by atoms with Gasteiger partial charge in [-0.2, -0.15) is 0 Å². The van der Waals surface area contributed by atoms with Gasteiger partial charge < -0.3 is 10.2 Å². The summed E-state index contributed by atoms with van der Waals surface area (Å²) in [5.74, 6) is -0.833. The standard InChI is InChI=1S/C8H16O.C2H4O2/c1-2-3-4-5-6-7-8-9;1-2(3)4/h7-9H,2-6H2,1H3;1H3,(H,3,4). The van der Waals surface area contributed by atoms with Crippen molar-refractivity contribution in [1.82, 2.24) is 0 Å². The number of carboxylic acids is 1. The number of carboxylic acid groups (broad SMARTS) is 1. The highest BCUT2D eigenvalue weighted by molar-refractivity contribution is 5.62. The highest BCUT2D eigenvalue weighted by atomic mass is 16.4. The monoisotopic (exact) mass is 188 g/mol. The zero-order valence-corrected chi connectivity index (χ0v) is 8.49. The first-order valence-electron chi connectivity index (χ1n) is 4.63. The van der Waals surface area contributed by atoms with Crippen molar-refractivity contribution in [3.05, 3.63) is 12.3 Å². The smallest absolute Gasteiger partial charge is 0.300 e. The van der Waals surface area contributed by atoms with E-state index in [0.717, 1.165) is 19.6 Å². The minimum Gasteiger partial charge on any atom is -0.516 e. The minimum atomic E-state index is -0.833. The molecule has 0 amide bonds. The first kappa shape index (κ1) is 14.5. The summed E-state index contributed by atoms with van der Waals surface area (Å²) < 4.78 is 0. The van der Waals surface area contributed by atoms with Gasteiger partial charge in [-0.3, -0.25) is 4.79 Å². The highest BCUT2D eigenvalue weighted by Crippen LogP contribution is 2.01. The molecule has 2 N–H and O–H groups in total. The molecular weight excluding hydrogens is 168 g/mol. The van der Waals surface area contributed by atoms with Crippen molar-refractivity contribution in [2.75, 3.05) is 0 Å². The molecule has 0 saturated heterocycles. The van der Waals surface area contributed by atoms with E-state index in [2.05, 4.69) is 6.92 Å². The van der Waals surface area contributed by atoms with Crippen molar-refractivity contribution in [2.24, 2.45) is 0 Å². The third-order valence-corrected chi connectivity index (χ3v) is 1.33. The Morgan fingerprint density at radius 1 is 1.31 bits per heavy atom. The Hall–Kier alpha value is -0.990. The number of carbonyl (C=O) groups is 1. The lowest BCUT2D eigenvalue weighted by Gasteiger charge is -1.92. The van der Waals surface area contributed by atoms with Crippen molar-refractivity contribution in [3.63, 3.8) is 0 Å². The third-order valence-electron chi connectivity index (χ3n) is 1.33. The zero-order chi connectivity index (χ0) is 10.5. The van der Waals surface area contributed by atoms with Gasteiger partial charge in [0, 0.05) is 6.92 Å². The van der Waals surface area contributed by atoms with Crippen molar-refractivity contribution < 1.29 is 15.0 Å². The van der Waals surface area contributed by atoms with Gasteiger partial charge in [-0.25, -0.2) is 0 Å². The molecule has 0 aromatic rings. The van der Waals surface area contributed by atoms with Crippen LogP contribution in [-0.4, -0.2) is 16.2 Å². The van der Waals surface area contributed by atoms with Crippen LogP contribution in [0.4, 0.5) is 0 Å². The Morgan fingerprint density at radius 3 is 2.23 bits per heavy atom. The summed E-state index contributed by atoms with van der Waals surface area (Å²) in [7, 11) is 0. The second-order valence-corrected chi connectivity index (χ2v) is 2.75. The molecule has 78 valence electrons. The van der Waals surface area contributed by atoms with E-state index in [0.29, 0.717) is 0 Å². The quantitative estimate of drug-likeness (QED) is 0.514. The minimum absolute atomic E-state index is 0.833. The van der Waals surface area contributed by atoms with Crippen LogP contribution in [-0.2, 0) is 4.79 Å². The fourth-order valence-electron chi connectivity index (χ4n) is 0.764. The van der Waals surface area contributed by atoms with Gasteiger partial charge >= 0.3 is 0 Å². The number of rotatable bonds is 5. The molecule has 0 aromatic heterocycles. The van der Waals surface area contributed by atoms with E-state index in [4.69, 9.17) is 15.0 Å². The average molecular weight is 188 g/mol. The molecule has 0 unspecified atom stereocenters. The van der Waals surface area contributed by atoms with E-state index in [1.54, 1.807) is 6.08 Å². The summed E-state index contributed by atoms with van der Waals surface area (Å²) in [6, 6.07) is 0. The summed E-state index contributed by atoms with van der Waals surface area (Å²) in [6.07, 6.45) is 9.06. The lowest BCUT2D eigenvalue weighted by atomic mass is 10.2. The van der Waals surface area contributed by atoms with Gasteiger partial charge in [0.2, 0.25) is 0 Å². The van der Waals surface area contributed by atoms with Crippen molar-refractivity contribution in [1.29, 1.82) is 0 Å². The van der Waals surface area contributed by atoms with Crippen LogP contribution < -0.4 is 0 Å². The molecule has 0 atom stereocenters. The summed E-state index contributed by atoms with van der Waals surface area (Å²) in [5.41, 5.74) is 0. The van der Waals surface area contributed by atoms with Gasteiger partial charge in [0.1, 0.15) is 0 Å².